The van der Waals surface area contributed by atoms with Crippen molar-refractivity contribution in [2.24, 2.45) is 10.7 Å². The summed E-state index contributed by atoms with van der Waals surface area (Å²) in [5.74, 6) is -0.388. The summed E-state index contributed by atoms with van der Waals surface area (Å²) in [6.07, 6.45) is 5.26. The highest BCUT2D eigenvalue weighted by Crippen LogP contribution is 2.34. The van der Waals surface area contributed by atoms with Gasteiger partial charge in [0.2, 0.25) is 0 Å². The van der Waals surface area contributed by atoms with E-state index in [-0.39, 0.29) is 34.7 Å². The number of halogens is 2. The molecule has 2 heterocycles. The molecule has 5 rings (SSSR count). The molecule has 1 aliphatic rings. The number of alkyl carbamates (subject to hydrolysis) is 1. The van der Waals surface area contributed by atoms with E-state index in [1.807, 2.05) is 58.2 Å². The maximum absolute atomic E-state index is 14.1. The predicted molar refractivity (Wildman–Crippen MR) is 190 cm³/mol. The lowest BCUT2D eigenvalue weighted by molar-refractivity contribution is 0.0505. The number of hydrogen-bond donors (Lipinski definition) is 5. The first-order chi connectivity index (χ1) is 23.3. The number of rotatable bonds is 10. The van der Waals surface area contributed by atoms with Gasteiger partial charge < -0.3 is 36.5 Å². The summed E-state index contributed by atoms with van der Waals surface area (Å²) in [6, 6.07) is 11.2. The summed E-state index contributed by atoms with van der Waals surface area (Å²) in [5, 5.41) is 17.1. The fourth-order valence-corrected chi connectivity index (χ4v) is 5.90. The Morgan fingerprint density at radius 2 is 1.92 bits per heavy atom. The second-order valence-electron chi connectivity index (χ2n) is 13.0. The minimum atomic E-state index is -0.597. The van der Waals surface area contributed by atoms with E-state index >= 15 is 0 Å². The molecule has 49 heavy (non-hydrogen) atoms. The molecule has 14 heteroatoms. The first-order valence-electron chi connectivity index (χ1n) is 16.0. The number of methoxy groups -OCH3 is 1. The van der Waals surface area contributed by atoms with Gasteiger partial charge in [-0.15, -0.1) is 0 Å². The van der Waals surface area contributed by atoms with E-state index in [0.29, 0.717) is 36.5 Å². The van der Waals surface area contributed by atoms with E-state index in [9.17, 15) is 14.0 Å². The van der Waals surface area contributed by atoms with Gasteiger partial charge in [0.25, 0.3) is 0 Å². The van der Waals surface area contributed by atoms with E-state index in [0.717, 1.165) is 35.0 Å². The van der Waals surface area contributed by atoms with Crippen LogP contribution in [0.1, 0.15) is 51.2 Å². The molecule has 1 aliphatic carbocycles. The topological polar surface area (TPSA) is 156 Å². The maximum atomic E-state index is 14.1. The Kier molecular flexibility index (Phi) is 10.9. The molecular weight excluding hydrogens is 651 g/mol. The number of anilines is 2. The number of nitrogens with zero attached hydrogens (tertiary/aromatic N) is 3. The molecule has 2 aromatic heterocycles. The smallest absolute Gasteiger partial charge is 0.407 e. The van der Waals surface area contributed by atoms with Crippen molar-refractivity contribution in [3.63, 3.8) is 0 Å². The van der Waals surface area contributed by atoms with Crippen molar-refractivity contribution in [2.45, 2.75) is 64.6 Å². The maximum Gasteiger partial charge on any atom is 0.407 e. The minimum absolute atomic E-state index is 0.0177. The van der Waals surface area contributed by atoms with Gasteiger partial charge >= 0.3 is 12.1 Å². The van der Waals surface area contributed by atoms with Gasteiger partial charge in [-0.3, -0.25) is 0 Å². The van der Waals surface area contributed by atoms with Crippen molar-refractivity contribution < 1.29 is 23.5 Å². The van der Waals surface area contributed by atoms with Crippen molar-refractivity contribution in [3.8, 4) is 11.1 Å². The summed E-state index contributed by atoms with van der Waals surface area (Å²) in [4.78, 5) is 29.2. The molecule has 1 saturated carbocycles. The van der Waals surface area contributed by atoms with Gasteiger partial charge in [-0.2, -0.15) is 5.10 Å². The number of ether oxygens (including phenoxy) is 2. The average Bonchev–Trinajstić information content (AvgIpc) is 3.65. The number of carbonyl (C=O) groups is 2. The molecule has 6 N–H and O–H groups in total. The lowest BCUT2D eigenvalue weighted by Crippen LogP contribution is -2.38. The molecule has 12 nitrogen and oxygen atoms in total. The summed E-state index contributed by atoms with van der Waals surface area (Å²) < 4.78 is 26.2. The zero-order valence-corrected chi connectivity index (χ0v) is 29.0. The highest BCUT2D eigenvalue weighted by molar-refractivity contribution is 6.33. The predicted octanol–water partition coefficient (Wildman–Crippen LogP) is 6.76. The normalized spacial score (nSPS) is 16.4. The monoisotopic (exact) mass is 692 g/mol. The Bertz CT molecular complexity index is 1870. The van der Waals surface area contributed by atoms with Crippen LogP contribution in [0.25, 0.3) is 16.6 Å². The molecule has 0 saturated heterocycles. The van der Waals surface area contributed by atoms with E-state index in [1.165, 1.54) is 18.2 Å². The summed E-state index contributed by atoms with van der Waals surface area (Å²) in [7, 11) is 1.57. The number of aryl methyl sites for hydroxylation is 1. The van der Waals surface area contributed by atoms with Gasteiger partial charge in [-0.1, -0.05) is 17.7 Å². The molecule has 3 amide bonds. The lowest BCUT2D eigenvalue weighted by atomic mass is 10.0. The Morgan fingerprint density at radius 1 is 1.14 bits per heavy atom. The molecule has 2 atom stereocenters. The number of urea groups is 1. The third-order valence-corrected chi connectivity index (χ3v) is 8.27. The van der Waals surface area contributed by atoms with Gasteiger partial charge in [0.05, 0.1) is 40.3 Å². The molecule has 0 radical (unpaired) electrons. The van der Waals surface area contributed by atoms with Gasteiger partial charge in [0, 0.05) is 49.3 Å². The number of amides is 3. The molecule has 0 spiro atoms. The number of aliphatic imine (C=N–C) groups is 1. The van der Waals surface area contributed by atoms with Crippen LogP contribution in [0.15, 0.2) is 59.9 Å². The molecule has 0 bridgehead atoms. The van der Waals surface area contributed by atoms with Gasteiger partial charge in [-0.25, -0.2) is 23.5 Å². The number of carbonyl (C=O) groups excluding carboxylic acids is 2. The van der Waals surface area contributed by atoms with Crippen molar-refractivity contribution in [3.05, 3.63) is 76.8 Å². The number of amidine groups is 1. The minimum Gasteiger partial charge on any atom is -0.444 e. The van der Waals surface area contributed by atoms with Crippen molar-refractivity contribution >= 4 is 52.1 Å². The van der Waals surface area contributed by atoms with Crippen molar-refractivity contribution in [1.29, 1.82) is 0 Å². The number of nitrogens with two attached hydrogens (primary N) is 1. The zero-order chi connectivity index (χ0) is 35.3. The standard InChI is InChI=1S/C35H42ClFN8O4/c1-20-14-23(42-33(46)39-12-13-48-5)9-10-26(20)21-15-30-31(41-24-7-8-25(17-24)43-34(47)49-35(2,3)4)27(18-40-45(30)19-21)32(38)44-29-16-22(37)6-11-28(29)36/h6,9-11,14-16,18-19,24-25,41H,7-8,12-13,17H2,1-5H3,(H2,38,44)(H,43,47)(H2,39,42,46)/t24-,25+/m1/s1. The third kappa shape index (κ3) is 9.18. The number of hydrogen-bond acceptors (Lipinski definition) is 7. The Labute approximate surface area is 289 Å². The highest BCUT2D eigenvalue weighted by atomic mass is 35.5. The van der Waals surface area contributed by atoms with Crippen LogP contribution in [0.5, 0.6) is 0 Å². The number of fused-ring (bicyclic) bond motifs is 1. The van der Waals surface area contributed by atoms with Crippen LogP contribution in [0.2, 0.25) is 5.02 Å². The van der Waals surface area contributed by atoms with E-state index < -0.39 is 17.5 Å². The first kappa shape index (κ1) is 35.4. The Hall–Kier alpha value is -4.88. The molecule has 0 aliphatic heterocycles. The fourth-order valence-electron chi connectivity index (χ4n) is 5.74. The third-order valence-electron chi connectivity index (χ3n) is 7.95. The second kappa shape index (κ2) is 15.1. The highest BCUT2D eigenvalue weighted by Gasteiger charge is 2.29. The van der Waals surface area contributed by atoms with Crippen LogP contribution in [0, 0.1) is 12.7 Å². The van der Waals surface area contributed by atoms with Crippen LogP contribution in [0.3, 0.4) is 0 Å². The molecule has 0 unspecified atom stereocenters. The van der Waals surface area contributed by atoms with Crippen molar-refractivity contribution in [2.75, 3.05) is 30.9 Å². The SMILES string of the molecule is COCCNC(=O)Nc1ccc(-c2cc3c(N[C@@H]4CC[C@H](NC(=O)OC(C)(C)C)C4)c(/C(N)=N/c4cc(F)ccc4Cl)cnn3c2)c(C)c1. The average molecular weight is 693 g/mol. The van der Waals surface area contributed by atoms with Gasteiger partial charge in [0.15, 0.2) is 0 Å². The Morgan fingerprint density at radius 3 is 2.65 bits per heavy atom. The van der Waals surface area contributed by atoms with Gasteiger partial charge in [-0.05, 0) is 88.4 Å². The molecule has 4 aromatic rings. The lowest BCUT2D eigenvalue weighted by Gasteiger charge is -2.22. The fraction of sp³-hybridized carbons (Fsp3) is 0.371. The van der Waals surface area contributed by atoms with Gasteiger partial charge in [0.1, 0.15) is 17.3 Å². The quantitative estimate of drug-likeness (QED) is 0.0698. The largest absolute Gasteiger partial charge is 0.444 e. The molecular formula is C35H42ClFN8O4. The number of aromatic nitrogens is 2. The second-order valence-corrected chi connectivity index (χ2v) is 13.4. The number of nitrogens with one attached hydrogen (secondary N) is 4. The van der Waals surface area contributed by atoms with Crippen molar-refractivity contribution in [1.82, 2.24) is 20.2 Å². The van der Waals surface area contributed by atoms with E-state index in [4.69, 9.17) is 26.8 Å². The Balaban J connectivity index is 1.46. The van der Waals surface area contributed by atoms with Crippen LogP contribution in [0.4, 0.5) is 31.0 Å². The van der Waals surface area contributed by atoms with Crippen LogP contribution >= 0.6 is 11.6 Å². The summed E-state index contributed by atoms with van der Waals surface area (Å²) >= 11 is 6.31. The van der Waals surface area contributed by atoms with Crippen LogP contribution in [-0.4, -0.2) is 65.5 Å². The first-order valence-corrected chi connectivity index (χ1v) is 16.4. The molecule has 260 valence electrons. The molecule has 1 fully saturated rings. The van der Waals surface area contributed by atoms with E-state index in [2.05, 4.69) is 31.4 Å². The number of benzene rings is 2. The summed E-state index contributed by atoms with van der Waals surface area (Å²) in [6.45, 7) is 8.26. The van der Waals surface area contributed by atoms with E-state index in [1.54, 1.807) is 17.8 Å². The van der Waals surface area contributed by atoms with Crippen LogP contribution < -0.4 is 27.0 Å². The molecule has 2 aromatic carbocycles. The summed E-state index contributed by atoms with van der Waals surface area (Å²) in [5.41, 5.74) is 11.5. The zero-order valence-electron chi connectivity index (χ0n) is 28.2. The van der Waals surface area contributed by atoms with Crippen LogP contribution in [-0.2, 0) is 9.47 Å².